The molecule has 0 saturated heterocycles. The highest BCUT2D eigenvalue weighted by molar-refractivity contribution is 5.92. The van der Waals surface area contributed by atoms with Crippen LogP contribution in [0.4, 0.5) is 0 Å². The summed E-state index contributed by atoms with van der Waals surface area (Å²) in [7, 11) is 1.60. The van der Waals surface area contributed by atoms with Crippen LogP contribution in [0.25, 0.3) is 0 Å². The summed E-state index contributed by atoms with van der Waals surface area (Å²) in [5.41, 5.74) is 0.296. The maximum absolute atomic E-state index is 12.2. The lowest BCUT2D eigenvalue weighted by Crippen LogP contribution is -2.36. The Morgan fingerprint density at radius 3 is 2.88 bits per heavy atom. The van der Waals surface area contributed by atoms with Crippen LogP contribution in [-0.2, 0) is 6.61 Å². The van der Waals surface area contributed by atoms with Crippen LogP contribution in [0.3, 0.4) is 0 Å². The minimum atomic E-state index is -0.182. The van der Waals surface area contributed by atoms with Gasteiger partial charge < -0.3 is 19.2 Å². The molecule has 1 aliphatic carbocycles. The van der Waals surface area contributed by atoms with E-state index in [0.29, 0.717) is 23.1 Å². The first kappa shape index (κ1) is 16.4. The van der Waals surface area contributed by atoms with Crippen molar-refractivity contribution in [2.24, 2.45) is 0 Å². The van der Waals surface area contributed by atoms with Crippen LogP contribution in [0.5, 0.6) is 11.5 Å². The first-order valence-corrected chi connectivity index (χ1v) is 8.27. The second-order valence-corrected chi connectivity index (χ2v) is 5.90. The molecular weight excluding hydrogens is 308 g/mol. The number of benzene rings is 1. The Hall–Kier alpha value is -2.50. The van der Waals surface area contributed by atoms with Gasteiger partial charge >= 0.3 is 0 Å². The van der Waals surface area contributed by atoms with E-state index in [9.17, 15) is 4.79 Å². The lowest BCUT2D eigenvalue weighted by molar-refractivity contribution is 0.0922. The molecule has 1 aromatic carbocycles. The minimum absolute atomic E-state index is 0.157. The van der Waals surface area contributed by atoms with Gasteiger partial charge in [-0.05, 0) is 25.0 Å². The molecular formula is C18H22N2O4. The van der Waals surface area contributed by atoms with Gasteiger partial charge in [0.2, 0.25) is 5.89 Å². The van der Waals surface area contributed by atoms with Gasteiger partial charge in [0.25, 0.3) is 5.91 Å². The molecule has 1 heterocycles. The maximum atomic E-state index is 12.2. The summed E-state index contributed by atoms with van der Waals surface area (Å²) in [6.07, 6.45) is 7.04. The summed E-state index contributed by atoms with van der Waals surface area (Å²) >= 11 is 0. The van der Waals surface area contributed by atoms with Crippen LogP contribution < -0.4 is 14.8 Å². The average Bonchev–Trinajstić information content (AvgIpc) is 3.10. The molecule has 0 bridgehead atoms. The van der Waals surface area contributed by atoms with Gasteiger partial charge in [0.15, 0.2) is 12.3 Å². The summed E-state index contributed by atoms with van der Waals surface area (Å²) in [4.78, 5) is 16.4. The highest BCUT2D eigenvalue weighted by Crippen LogP contribution is 2.20. The van der Waals surface area contributed by atoms with E-state index in [4.69, 9.17) is 13.9 Å². The first-order valence-electron chi connectivity index (χ1n) is 8.27. The van der Waals surface area contributed by atoms with Gasteiger partial charge in [0, 0.05) is 12.1 Å². The zero-order valence-electron chi connectivity index (χ0n) is 13.8. The molecule has 1 fully saturated rings. The van der Waals surface area contributed by atoms with Crippen LogP contribution in [0.15, 0.2) is 34.9 Å². The van der Waals surface area contributed by atoms with Crippen LogP contribution >= 0.6 is 0 Å². The molecule has 0 atom stereocenters. The van der Waals surface area contributed by atoms with Gasteiger partial charge in [0.1, 0.15) is 17.8 Å². The third-order valence-corrected chi connectivity index (χ3v) is 4.13. The summed E-state index contributed by atoms with van der Waals surface area (Å²) in [5.74, 6) is 1.55. The zero-order valence-corrected chi connectivity index (χ0v) is 13.8. The number of ether oxygens (including phenoxy) is 2. The average molecular weight is 330 g/mol. The van der Waals surface area contributed by atoms with Crippen molar-refractivity contribution in [3.05, 3.63) is 42.1 Å². The molecule has 1 N–H and O–H groups in total. The Bertz CT molecular complexity index is 677. The van der Waals surface area contributed by atoms with Crippen molar-refractivity contribution in [2.75, 3.05) is 7.11 Å². The second kappa shape index (κ2) is 7.86. The fourth-order valence-electron chi connectivity index (χ4n) is 2.82. The molecule has 0 radical (unpaired) electrons. The summed E-state index contributed by atoms with van der Waals surface area (Å²) in [5, 5.41) is 3.02. The van der Waals surface area contributed by atoms with Gasteiger partial charge in [-0.25, -0.2) is 4.98 Å². The standard InChI is InChI=1S/C18H22N2O4/c1-22-14-8-5-9-15(10-14)23-12-17-20-16(11-24-17)18(21)19-13-6-3-2-4-7-13/h5,8-11,13H,2-4,6-7,12H2,1H3,(H,19,21). The van der Waals surface area contributed by atoms with E-state index in [-0.39, 0.29) is 18.6 Å². The summed E-state index contributed by atoms with van der Waals surface area (Å²) in [6.45, 7) is 0.157. The molecule has 1 saturated carbocycles. The lowest BCUT2D eigenvalue weighted by Gasteiger charge is -2.22. The summed E-state index contributed by atoms with van der Waals surface area (Å²) in [6, 6.07) is 7.53. The van der Waals surface area contributed by atoms with E-state index in [1.54, 1.807) is 13.2 Å². The number of hydrogen-bond acceptors (Lipinski definition) is 5. The van der Waals surface area contributed by atoms with Crippen LogP contribution in [-0.4, -0.2) is 24.0 Å². The molecule has 24 heavy (non-hydrogen) atoms. The SMILES string of the molecule is COc1cccc(OCc2nc(C(=O)NC3CCCCC3)co2)c1. The second-order valence-electron chi connectivity index (χ2n) is 5.90. The van der Waals surface area contributed by atoms with Crippen molar-refractivity contribution >= 4 is 5.91 Å². The number of carbonyl (C=O) groups is 1. The molecule has 0 spiro atoms. The minimum Gasteiger partial charge on any atom is -0.497 e. The molecule has 1 aliphatic rings. The predicted molar refractivity (Wildman–Crippen MR) is 88.2 cm³/mol. The normalized spacial score (nSPS) is 15.0. The third kappa shape index (κ3) is 4.28. The highest BCUT2D eigenvalue weighted by Gasteiger charge is 2.19. The van der Waals surface area contributed by atoms with Gasteiger partial charge in [-0.15, -0.1) is 0 Å². The largest absolute Gasteiger partial charge is 0.497 e. The van der Waals surface area contributed by atoms with Crippen molar-refractivity contribution in [1.82, 2.24) is 10.3 Å². The Morgan fingerprint density at radius 1 is 1.29 bits per heavy atom. The van der Waals surface area contributed by atoms with Gasteiger partial charge in [-0.1, -0.05) is 25.3 Å². The molecule has 3 rings (SSSR count). The van der Waals surface area contributed by atoms with E-state index in [1.807, 2.05) is 18.2 Å². The van der Waals surface area contributed by atoms with Gasteiger partial charge in [0.05, 0.1) is 7.11 Å². The number of amides is 1. The van der Waals surface area contributed by atoms with Crippen molar-refractivity contribution in [3.63, 3.8) is 0 Å². The van der Waals surface area contributed by atoms with Crippen LogP contribution in [0, 0.1) is 0 Å². The number of hydrogen-bond donors (Lipinski definition) is 1. The Kier molecular flexibility index (Phi) is 5.36. The Morgan fingerprint density at radius 2 is 2.08 bits per heavy atom. The number of aromatic nitrogens is 1. The summed E-state index contributed by atoms with van der Waals surface area (Å²) < 4.78 is 16.1. The molecule has 1 amide bonds. The molecule has 0 aliphatic heterocycles. The number of methoxy groups -OCH3 is 1. The molecule has 0 unspecified atom stereocenters. The van der Waals surface area contributed by atoms with Crippen molar-refractivity contribution < 1.29 is 18.7 Å². The molecule has 1 aromatic heterocycles. The quantitative estimate of drug-likeness (QED) is 0.879. The highest BCUT2D eigenvalue weighted by atomic mass is 16.5. The van der Waals surface area contributed by atoms with E-state index in [0.717, 1.165) is 12.8 Å². The Balaban J connectivity index is 1.53. The van der Waals surface area contributed by atoms with E-state index in [2.05, 4.69) is 10.3 Å². The fraction of sp³-hybridized carbons (Fsp3) is 0.444. The first-order chi connectivity index (χ1) is 11.7. The Labute approximate surface area is 141 Å². The van der Waals surface area contributed by atoms with Crippen molar-refractivity contribution in [1.29, 1.82) is 0 Å². The monoisotopic (exact) mass is 330 g/mol. The van der Waals surface area contributed by atoms with Crippen LogP contribution in [0.2, 0.25) is 0 Å². The number of nitrogens with one attached hydrogen (secondary N) is 1. The van der Waals surface area contributed by atoms with Crippen LogP contribution in [0.1, 0.15) is 48.5 Å². The molecule has 6 heteroatoms. The van der Waals surface area contributed by atoms with Crippen molar-refractivity contribution in [2.45, 2.75) is 44.8 Å². The topological polar surface area (TPSA) is 73.6 Å². The number of rotatable bonds is 6. The van der Waals surface area contributed by atoms with Crippen molar-refractivity contribution in [3.8, 4) is 11.5 Å². The van der Waals surface area contributed by atoms with E-state index < -0.39 is 0 Å². The number of oxazole rings is 1. The molecule has 6 nitrogen and oxygen atoms in total. The fourth-order valence-corrected chi connectivity index (χ4v) is 2.82. The predicted octanol–water partition coefficient (Wildman–Crippen LogP) is 3.32. The number of nitrogens with zero attached hydrogens (tertiary/aromatic N) is 1. The van der Waals surface area contributed by atoms with Gasteiger partial charge in [-0.2, -0.15) is 0 Å². The zero-order chi connectivity index (χ0) is 16.8. The van der Waals surface area contributed by atoms with E-state index >= 15 is 0 Å². The maximum Gasteiger partial charge on any atom is 0.273 e. The molecule has 128 valence electrons. The number of carbonyl (C=O) groups excluding carboxylic acids is 1. The van der Waals surface area contributed by atoms with E-state index in [1.165, 1.54) is 25.5 Å². The molecule has 2 aromatic rings. The lowest BCUT2D eigenvalue weighted by atomic mass is 9.95. The third-order valence-electron chi connectivity index (χ3n) is 4.13. The smallest absolute Gasteiger partial charge is 0.273 e. The van der Waals surface area contributed by atoms with Gasteiger partial charge in [-0.3, -0.25) is 4.79 Å².